The number of ether oxygens (including phenoxy) is 1. The van der Waals surface area contributed by atoms with E-state index in [1.54, 1.807) is 6.33 Å². The number of fused-ring (bicyclic) bond motifs is 2. The van der Waals surface area contributed by atoms with Crippen molar-refractivity contribution in [3.05, 3.63) is 53.0 Å². The molecule has 3 aromatic heterocycles. The van der Waals surface area contributed by atoms with Gasteiger partial charge in [-0.3, -0.25) is 4.90 Å². The first-order valence-corrected chi connectivity index (χ1v) is 13.6. The Hall–Kier alpha value is -2.75. The Labute approximate surface area is 207 Å². The number of rotatable bonds is 7. The molecule has 5 rings (SSSR count). The fraction of sp³-hybridized carbons (Fsp3) is 0.462. The van der Waals surface area contributed by atoms with Crippen molar-refractivity contribution in [3.63, 3.8) is 0 Å². The summed E-state index contributed by atoms with van der Waals surface area (Å²) in [5.41, 5.74) is 9.03. The van der Waals surface area contributed by atoms with Crippen LogP contribution in [0.4, 0.5) is 0 Å². The summed E-state index contributed by atoms with van der Waals surface area (Å²) in [4.78, 5) is 10.4. The number of thiol groups is 1. The zero-order valence-electron chi connectivity index (χ0n) is 20.7. The van der Waals surface area contributed by atoms with Gasteiger partial charge in [0.05, 0.1) is 18.4 Å². The molecule has 1 aliphatic heterocycles. The second-order valence-corrected chi connectivity index (χ2v) is 10.9. The van der Waals surface area contributed by atoms with Crippen molar-refractivity contribution in [1.82, 2.24) is 24.5 Å². The van der Waals surface area contributed by atoms with Crippen molar-refractivity contribution >= 4 is 27.3 Å². The van der Waals surface area contributed by atoms with Gasteiger partial charge in [-0.15, -0.1) is 0 Å². The molecular formula is C26H33N5O3S. The van der Waals surface area contributed by atoms with Gasteiger partial charge in [-0.25, -0.2) is 17.9 Å². The highest BCUT2D eigenvalue weighted by Crippen LogP contribution is 2.39. The SMILES string of the molecule is Cc1c(-c2[nH]c3ccc(C4CN(CCC[SH](=O)=O)CCO4)cc3c2C(C)C)cn2ncnc2c1C. The fourth-order valence-corrected chi connectivity index (χ4v) is 5.63. The lowest BCUT2D eigenvalue weighted by molar-refractivity contribution is -0.0297. The number of nitrogens with zero attached hydrogens (tertiary/aromatic N) is 4. The Kier molecular flexibility index (Phi) is 6.65. The molecule has 1 unspecified atom stereocenters. The molecule has 1 aliphatic rings. The molecule has 0 radical (unpaired) electrons. The summed E-state index contributed by atoms with van der Waals surface area (Å²) in [6.45, 7) is 11.7. The van der Waals surface area contributed by atoms with E-state index >= 15 is 0 Å². The topological polar surface area (TPSA) is 92.6 Å². The van der Waals surface area contributed by atoms with Crippen molar-refractivity contribution in [1.29, 1.82) is 0 Å². The van der Waals surface area contributed by atoms with Crippen LogP contribution in [0.2, 0.25) is 0 Å². The van der Waals surface area contributed by atoms with Gasteiger partial charge in [0, 0.05) is 41.5 Å². The summed E-state index contributed by atoms with van der Waals surface area (Å²) in [6, 6.07) is 6.57. The van der Waals surface area contributed by atoms with E-state index in [1.807, 2.05) is 4.52 Å². The number of benzene rings is 1. The molecule has 0 bridgehead atoms. The second kappa shape index (κ2) is 9.72. The molecule has 0 amide bonds. The highest BCUT2D eigenvalue weighted by atomic mass is 32.2. The molecule has 8 nitrogen and oxygen atoms in total. The van der Waals surface area contributed by atoms with Crippen molar-refractivity contribution in [2.45, 2.75) is 46.1 Å². The van der Waals surface area contributed by atoms with Gasteiger partial charge in [-0.05, 0) is 67.1 Å². The average molecular weight is 496 g/mol. The van der Waals surface area contributed by atoms with E-state index in [1.165, 1.54) is 16.5 Å². The predicted octanol–water partition coefficient (Wildman–Crippen LogP) is 3.99. The van der Waals surface area contributed by atoms with Gasteiger partial charge >= 0.3 is 0 Å². The molecule has 186 valence electrons. The van der Waals surface area contributed by atoms with E-state index in [0.717, 1.165) is 53.2 Å². The number of aromatic amines is 1. The first-order chi connectivity index (χ1) is 16.8. The average Bonchev–Trinajstić information content (AvgIpc) is 3.45. The van der Waals surface area contributed by atoms with Gasteiger partial charge in [0.1, 0.15) is 17.0 Å². The Bertz CT molecular complexity index is 1440. The monoisotopic (exact) mass is 495 g/mol. The molecule has 35 heavy (non-hydrogen) atoms. The minimum Gasteiger partial charge on any atom is -0.371 e. The molecule has 0 saturated carbocycles. The van der Waals surface area contributed by atoms with E-state index in [2.05, 4.69) is 72.1 Å². The van der Waals surface area contributed by atoms with E-state index in [9.17, 15) is 8.42 Å². The highest BCUT2D eigenvalue weighted by molar-refractivity contribution is 7.72. The van der Waals surface area contributed by atoms with Crippen LogP contribution in [0.5, 0.6) is 0 Å². The third-order valence-corrected chi connectivity index (χ3v) is 7.85. The lowest BCUT2D eigenvalue weighted by Crippen LogP contribution is -2.39. The van der Waals surface area contributed by atoms with Crippen LogP contribution in [0.15, 0.2) is 30.7 Å². The maximum atomic E-state index is 10.9. The molecule has 1 saturated heterocycles. The summed E-state index contributed by atoms with van der Waals surface area (Å²) in [5, 5.41) is 5.60. The zero-order valence-corrected chi connectivity index (χ0v) is 21.6. The lowest BCUT2D eigenvalue weighted by Gasteiger charge is -2.33. The van der Waals surface area contributed by atoms with Gasteiger partial charge in [0.15, 0.2) is 5.65 Å². The second-order valence-electron chi connectivity index (χ2n) is 9.76. The first-order valence-electron chi connectivity index (χ1n) is 12.2. The molecule has 1 N–H and O–H groups in total. The summed E-state index contributed by atoms with van der Waals surface area (Å²) < 4.78 is 29.8. The Morgan fingerprint density at radius 2 is 2.06 bits per heavy atom. The Morgan fingerprint density at radius 1 is 1.23 bits per heavy atom. The third kappa shape index (κ3) is 4.60. The molecule has 0 spiro atoms. The number of pyridine rings is 1. The first kappa shape index (κ1) is 24.0. The van der Waals surface area contributed by atoms with E-state index < -0.39 is 10.7 Å². The summed E-state index contributed by atoms with van der Waals surface area (Å²) in [6.07, 6.45) is 4.31. The van der Waals surface area contributed by atoms with Crippen LogP contribution in [0.3, 0.4) is 0 Å². The van der Waals surface area contributed by atoms with Crippen LogP contribution in [0.1, 0.15) is 54.5 Å². The van der Waals surface area contributed by atoms with Gasteiger partial charge < -0.3 is 9.72 Å². The molecule has 4 aromatic rings. The van der Waals surface area contributed by atoms with Crippen molar-refractivity contribution in [2.24, 2.45) is 0 Å². The number of aromatic nitrogens is 4. The van der Waals surface area contributed by atoms with Crippen LogP contribution >= 0.6 is 0 Å². The summed E-state index contributed by atoms with van der Waals surface area (Å²) in [7, 11) is -2.31. The van der Waals surface area contributed by atoms with Crippen LogP contribution in [0.25, 0.3) is 27.8 Å². The normalized spacial score (nSPS) is 17.4. The summed E-state index contributed by atoms with van der Waals surface area (Å²) >= 11 is 0. The summed E-state index contributed by atoms with van der Waals surface area (Å²) in [5.74, 6) is 0.560. The van der Waals surface area contributed by atoms with Crippen LogP contribution in [0, 0.1) is 13.8 Å². The number of aryl methyl sites for hydroxylation is 1. The van der Waals surface area contributed by atoms with Crippen molar-refractivity contribution in [3.8, 4) is 11.3 Å². The number of morpholine rings is 1. The van der Waals surface area contributed by atoms with E-state index in [-0.39, 0.29) is 11.9 Å². The fourth-order valence-electron chi connectivity index (χ4n) is 5.23. The van der Waals surface area contributed by atoms with Gasteiger partial charge in [-0.2, -0.15) is 5.10 Å². The van der Waals surface area contributed by atoms with E-state index in [0.29, 0.717) is 18.9 Å². The quantitative estimate of drug-likeness (QED) is 0.377. The molecule has 1 fully saturated rings. The smallest absolute Gasteiger partial charge is 0.158 e. The molecule has 1 aromatic carbocycles. The third-order valence-electron chi connectivity index (χ3n) is 7.17. The van der Waals surface area contributed by atoms with Crippen LogP contribution in [-0.4, -0.2) is 64.9 Å². The lowest BCUT2D eigenvalue weighted by atomic mass is 9.93. The number of hydrogen-bond donors (Lipinski definition) is 2. The van der Waals surface area contributed by atoms with E-state index in [4.69, 9.17) is 4.74 Å². The Morgan fingerprint density at radius 3 is 2.83 bits per heavy atom. The minimum absolute atomic E-state index is 0.0250. The number of nitrogens with one attached hydrogen (secondary N) is 1. The molecule has 0 aliphatic carbocycles. The maximum Gasteiger partial charge on any atom is 0.158 e. The largest absolute Gasteiger partial charge is 0.371 e. The van der Waals surface area contributed by atoms with Crippen LogP contribution in [-0.2, 0) is 15.4 Å². The van der Waals surface area contributed by atoms with Crippen molar-refractivity contribution in [2.75, 3.05) is 32.0 Å². The number of hydrogen-bond acceptors (Lipinski definition) is 6. The minimum atomic E-state index is -2.31. The van der Waals surface area contributed by atoms with Gasteiger partial charge in [-0.1, -0.05) is 19.9 Å². The van der Waals surface area contributed by atoms with Crippen LogP contribution < -0.4 is 0 Å². The standard InChI is InChI=1S/C26H33N5O3S/c1-16(2)24-20-12-19(23-14-30(9-10-34-23)8-5-11-35(32)33)6-7-22(20)29-25(24)21-13-31-26(27-15-28-31)18(4)17(21)3/h6-7,12-13,15-16,23,29,35H,5,8-11,14H2,1-4H3. The molecule has 1 atom stereocenters. The van der Waals surface area contributed by atoms with Gasteiger partial charge in [0.2, 0.25) is 0 Å². The van der Waals surface area contributed by atoms with Crippen molar-refractivity contribution < 1.29 is 13.2 Å². The molecular weight excluding hydrogens is 462 g/mol. The maximum absolute atomic E-state index is 10.9. The van der Waals surface area contributed by atoms with Gasteiger partial charge in [0.25, 0.3) is 0 Å². The predicted molar refractivity (Wildman–Crippen MR) is 139 cm³/mol. The molecule has 9 heteroatoms. The zero-order chi connectivity index (χ0) is 24.7. The Balaban J connectivity index is 1.52. The number of H-pyrrole nitrogens is 1. The molecule has 4 heterocycles. The highest BCUT2D eigenvalue weighted by Gasteiger charge is 2.24.